The highest BCUT2D eigenvalue weighted by Crippen LogP contribution is 2.24. The molecule has 2 N–H and O–H groups in total. The van der Waals surface area contributed by atoms with Crippen molar-refractivity contribution >= 4 is 23.4 Å². The van der Waals surface area contributed by atoms with E-state index in [1.54, 1.807) is 12.4 Å². The van der Waals surface area contributed by atoms with Crippen molar-refractivity contribution in [3.05, 3.63) is 41.3 Å². The molecule has 2 aromatic rings. The van der Waals surface area contributed by atoms with E-state index in [9.17, 15) is 0 Å². The lowest BCUT2D eigenvalue weighted by molar-refractivity contribution is 0.810. The third-order valence-electron chi connectivity index (χ3n) is 2.55. The Kier molecular flexibility index (Phi) is 3.94. The van der Waals surface area contributed by atoms with E-state index < -0.39 is 0 Å². The Morgan fingerprint density at radius 1 is 1.33 bits per heavy atom. The summed E-state index contributed by atoms with van der Waals surface area (Å²) < 4.78 is 0. The molecule has 0 unspecified atom stereocenters. The van der Waals surface area contributed by atoms with Gasteiger partial charge in [0.1, 0.15) is 5.02 Å². The van der Waals surface area contributed by atoms with E-state index >= 15 is 0 Å². The Morgan fingerprint density at radius 2 is 2.06 bits per heavy atom. The first-order valence-corrected chi connectivity index (χ1v) is 6.00. The molecule has 94 valence electrons. The molecule has 0 saturated heterocycles. The van der Waals surface area contributed by atoms with Crippen molar-refractivity contribution in [2.75, 3.05) is 17.2 Å². The number of rotatable bonds is 4. The molecule has 2 heterocycles. The van der Waals surface area contributed by atoms with Crippen LogP contribution >= 0.6 is 11.6 Å². The van der Waals surface area contributed by atoms with E-state index in [1.807, 2.05) is 24.0 Å². The second-order valence-corrected chi connectivity index (χ2v) is 4.18. The highest BCUT2D eigenvalue weighted by Gasteiger charge is 2.12. The van der Waals surface area contributed by atoms with Gasteiger partial charge < -0.3 is 10.6 Å². The van der Waals surface area contributed by atoms with Gasteiger partial charge in [-0.3, -0.25) is 4.98 Å². The van der Waals surface area contributed by atoms with Crippen LogP contribution in [0.2, 0.25) is 5.02 Å². The van der Waals surface area contributed by atoms with Crippen molar-refractivity contribution in [3.63, 3.8) is 0 Å². The fraction of sp³-hybridized carbons (Fsp3) is 0.250. The zero-order valence-electron chi connectivity index (χ0n) is 10.0. The summed E-state index contributed by atoms with van der Waals surface area (Å²) in [5.41, 5.74) is 6.73. The van der Waals surface area contributed by atoms with E-state index in [0.717, 1.165) is 12.1 Å². The van der Waals surface area contributed by atoms with Gasteiger partial charge in [0.15, 0.2) is 5.82 Å². The molecular weight excluding hydrogens is 250 g/mol. The second-order valence-electron chi connectivity index (χ2n) is 3.77. The smallest absolute Gasteiger partial charge is 0.222 e. The van der Waals surface area contributed by atoms with Gasteiger partial charge in [-0.05, 0) is 24.6 Å². The van der Waals surface area contributed by atoms with Gasteiger partial charge in [-0.2, -0.15) is 4.98 Å². The number of pyridine rings is 1. The summed E-state index contributed by atoms with van der Waals surface area (Å²) in [5.74, 6) is 0.881. The molecule has 2 rings (SSSR count). The lowest BCUT2D eigenvalue weighted by Crippen LogP contribution is -2.24. The Hall–Kier alpha value is -1.88. The maximum absolute atomic E-state index is 6.10. The summed E-state index contributed by atoms with van der Waals surface area (Å²) >= 11 is 6.10. The van der Waals surface area contributed by atoms with Crippen LogP contribution in [0.25, 0.3) is 0 Å². The molecule has 0 amide bonds. The molecule has 2 aromatic heterocycles. The lowest BCUT2D eigenvalue weighted by atomic mass is 10.2. The zero-order valence-corrected chi connectivity index (χ0v) is 10.8. The third kappa shape index (κ3) is 2.87. The number of hydrogen-bond acceptors (Lipinski definition) is 5. The minimum atomic E-state index is 0.225. The Morgan fingerprint density at radius 3 is 2.72 bits per heavy atom. The minimum absolute atomic E-state index is 0.225. The number of hydrogen-bond donors (Lipinski definition) is 1. The maximum atomic E-state index is 6.10. The molecule has 5 nitrogen and oxygen atoms in total. The lowest BCUT2D eigenvalue weighted by Gasteiger charge is -2.22. The molecule has 0 bridgehead atoms. The highest BCUT2D eigenvalue weighted by atomic mass is 35.5. The standard InChI is InChI=1S/C12H14ClN5/c1-2-18(8-9-3-5-15-6-4-9)11-10(13)7-16-12(14)17-11/h3-7H,2,8H2,1H3,(H2,14,16,17). The molecule has 0 aromatic carbocycles. The van der Waals surface area contributed by atoms with Gasteiger partial charge in [0.25, 0.3) is 0 Å². The molecule has 0 aliphatic carbocycles. The van der Waals surface area contributed by atoms with Gasteiger partial charge in [0.05, 0.1) is 6.20 Å². The van der Waals surface area contributed by atoms with Crippen LogP contribution in [-0.2, 0) is 6.54 Å². The van der Waals surface area contributed by atoms with Crippen molar-refractivity contribution in [3.8, 4) is 0 Å². The SMILES string of the molecule is CCN(Cc1ccncc1)c1nc(N)ncc1Cl. The van der Waals surface area contributed by atoms with Gasteiger partial charge in [0.2, 0.25) is 5.95 Å². The molecule has 0 atom stereocenters. The van der Waals surface area contributed by atoms with Crippen LogP contribution in [0.4, 0.5) is 11.8 Å². The monoisotopic (exact) mass is 263 g/mol. The molecular formula is C12H14ClN5. The molecule has 0 aliphatic heterocycles. The fourth-order valence-electron chi connectivity index (χ4n) is 1.64. The van der Waals surface area contributed by atoms with Crippen LogP contribution in [0.3, 0.4) is 0 Å². The average molecular weight is 264 g/mol. The number of halogens is 1. The summed E-state index contributed by atoms with van der Waals surface area (Å²) in [4.78, 5) is 14.1. The van der Waals surface area contributed by atoms with Crippen molar-refractivity contribution < 1.29 is 0 Å². The Bertz CT molecular complexity index is 517. The summed E-state index contributed by atoms with van der Waals surface area (Å²) in [6, 6.07) is 3.92. The summed E-state index contributed by atoms with van der Waals surface area (Å²) in [5, 5.41) is 0.500. The molecule has 0 saturated carbocycles. The molecule has 18 heavy (non-hydrogen) atoms. The number of nitrogens with zero attached hydrogens (tertiary/aromatic N) is 4. The predicted octanol–water partition coefficient (Wildman–Crippen LogP) is 2.13. The van der Waals surface area contributed by atoms with Gasteiger partial charge >= 0.3 is 0 Å². The van der Waals surface area contributed by atoms with Crippen LogP contribution in [0, 0.1) is 0 Å². The number of nitrogens with two attached hydrogens (primary N) is 1. The number of aromatic nitrogens is 3. The van der Waals surface area contributed by atoms with Gasteiger partial charge in [-0.1, -0.05) is 11.6 Å². The summed E-state index contributed by atoms with van der Waals surface area (Å²) in [6.07, 6.45) is 5.05. The van der Waals surface area contributed by atoms with Crippen LogP contribution in [0.5, 0.6) is 0 Å². The van der Waals surface area contributed by atoms with E-state index in [4.69, 9.17) is 17.3 Å². The van der Waals surface area contributed by atoms with Crippen LogP contribution in [0.1, 0.15) is 12.5 Å². The summed E-state index contributed by atoms with van der Waals surface area (Å²) in [6.45, 7) is 3.52. The van der Waals surface area contributed by atoms with Crippen molar-refractivity contribution in [2.24, 2.45) is 0 Å². The van der Waals surface area contributed by atoms with Crippen LogP contribution in [-0.4, -0.2) is 21.5 Å². The van der Waals surface area contributed by atoms with Gasteiger partial charge in [-0.15, -0.1) is 0 Å². The normalized spacial score (nSPS) is 10.3. The highest BCUT2D eigenvalue weighted by molar-refractivity contribution is 6.32. The van der Waals surface area contributed by atoms with E-state index in [-0.39, 0.29) is 5.95 Å². The van der Waals surface area contributed by atoms with Crippen molar-refractivity contribution in [1.29, 1.82) is 0 Å². The first kappa shape index (κ1) is 12.6. The van der Waals surface area contributed by atoms with Crippen molar-refractivity contribution in [2.45, 2.75) is 13.5 Å². The summed E-state index contributed by atoms with van der Waals surface area (Å²) in [7, 11) is 0. The van der Waals surface area contributed by atoms with Crippen LogP contribution < -0.4 is 10.6 Å². The number of nitrogen functional groups attached to an aromatic ring is 1. The minimum Gasteiger partial charge on any atom is -0.368 e. The maximum Gasteiger partial charge on any atom is 0.222 e. The van der Waals surface area contributed by atoms with Gasteiger partial charge in [-0.25, -0.2) is 4.98 Å². The van der Waals surface area contributed by atoms with Crippen LogP contribution in [0.15, 0.2) is 30.7 Å². The van der Waals surface area contributed by atoms with Gasteiger partial charge in [0, 0.05) is 25.5 Å². The first-order valence-electron chi connectivity index (χ1n) is 5.62. The quantitative estimate of drug-likeness (QED) is 0.915. The van der Waals surface area contributed by atoms with Crippen molar-refractivity contribution in [1.82, 2.24) is 15.0 Å². The second kappa shape index (κ2) is 5.64. The zero-order chi connectivity index (χ0) is 13.0. The van der Waals surface area contributed by atoms with E-state index in [1.165, 1.54) is 6.20 Å². The number of anilines is 2. The predicted molar refractivity (Wildman–Crippen MR) is 72.4 cm³/mol. The molecule has 0 radical (unpaired) electrons. The molecule has 0 spiro atoms. The molecule has 0 fully saturated rings. The largest absolute Gasteiger partial charge is 0.368 e. The third-order valence-corrected chi connectivity index (χ3v) is 2.81. The average Bonchev–Trinajstić information content (AvgIpc) is 2.40. The van der Waals surface area contributed by atoms with E-state index in [0.29, 0.717) is 17.4 Å². The Labute approximate surface area is 111 Å². The molecule has 6 heteroatoms. The fourth-order valence-corrected chi connectivity index (χ4v) is 1.85. The Balaban J connectivity index is 2.26. The van der Waals surface area contributed by atoms with E-state index in [2.05, 4.69) is 15.0 Å². The topological polar surface area (TPSA) is 67.9 Å². The molecule has 0 aliphatic rings. The first-order chi connectivity index (χ1) is 8.70.